The van der Waals surface area contributed by atoms with Gasteiger partial charge in [-0.15, -0.1) is 0 Å². The van der Waals surface area contributed by atoms with E-state index in [0.717, 1.165) is 36.0 Å². The minimum Gasteiger partial charge on any atom is -0.395 e. The molecule has 0 aromatic heterocycles. The fourth-order valence-corrected chi connectivity index (χ4v) is 3.21. The van der Waals surface area contributed by atoms with Gasteiger partial charge in [-0.25, -0.2) is 0 Å². The summed E-state index contributed by atoms with van der Waals surface area (Å²) < 4.78 is 1.08. The van der Waals surface area contributed by atoms with Crippen molar-refractivity contribution in [3.05, 3.63) is 34.3 Å². The molecule has 1 aliphatic heterocycles. The van der Waals surface area contributed by atoms with Crippen molar-refractivity contribution in [3.8, 4) is 0 Å². The number of benzene rings is 1. The summed E-state index contributed by atoms with van der Waals surface area (Å²) in [6, 6.07) is 8.52. The molecule has 2 rings (SSSR count). The average molecular weight is 313 g/mol. The molecule has 2 unspecified atom stereocenters. The lowest BCUT2D eigenvalue weighted by Crippen LogP contribution is -2.34. The highest BCUT2D eigenvalue weighted by Gasteiger charge is 2.23. The molecule has 0 amide bonds. The minimum atomic E-state index is 0.0560. The summed E-state index contributed by atoms with van der Waals surface area (Å²) >= 11 is 3.54. The second-order valence-corrected chi connectivity index (χ2v) is 5.79. The summed E-state index contributed by atoms with van der Waals surface area (Å²) in [5, 5.41) is 9.28. The van der Waals surface area contributed by atoms with Gasteiger partial charge in [0.05, 0.1) is 6.61 Å². The highest BCUT2D eigenvalue weighted by atomic mass is 79.9. The first kappa shape index (κ1) is 14.0. The topological polar surface area (TPSA) is 49.5 Å². The predicted octanol–water partition coefficient (Wildman–Crippen LogP) is 2.30. The summed E-state index contributed by atoms with van der Waals surface area (Å²) in [5.74, 6) is 0. The number of nitrogens with zero attached hydrogens (tertiary/aromatic N) is 1. The summed E-state index contributed by atoms with van der Waals surface area (Å²) in [7, 11) is 0. The summed E-state index contributed by atoms with van der Waals surface area (Å²) in [5.41, 5.74) is 7.41. The molecule has 0 radical (unpaired) electrons. The van der Waals surface area contributed by atoms with Crippen LogP contribution < -0.4 is 5.73 Å². The second-order valence-electron chi connectivity index (χ2n) is 4.93. The third-order valence-corrected chi connectivity index (χ3v) is 4.46. The largest absolute Gasteiger partial charge is 0.395 e. The van der Waals surface area contributed by atoms with E-state index in [1.54, 1.807) is 0 Å². The Morgan fingerprint density at radius 3 is 2.94 bits per heavy atom. The summed E-state index contributed by atoms with van der Waals surface area (Å²) in [4.78, 5) is 2.36. The summed E-state index contributed by atoms with van der Waals surface area (Å²) in [6.45, 7) is 2.33. The quantitative estimate of drug-likeness (QED) is 0.877. The molecule has 4 heteroatoms. The zero-order valence-electron chi connectivity index (χ0n) is 10.6. The van der Waals surface area contributed by atoms with E-state index >= 15 is 0 Å². The van der Waals surface area contributed by atoms with Crippen molar-refractivity contribution in [1.82, 2.24) is 4.90 Å². The molecule has 100 valence electrons. The Labute approximate surface area is 117 Å². The third-order valence-electron chi connectivity index (χ3n) is 3.74. The van der Waals surface area contributed by atoms with Gasteiger partial charge in [0.2, 0.25) is 0 Å². The third kappa shape index (κ3) is 3.32. The molecule has 0 bridgehead atoms. The number of aliphatic hydroxyl groups is 1. The van der Waals surface area contributed by atoms with Gasteiger partial charge in [0.25, 0.3) is 0 Å². The lowest BCUT2D eigenvalue weighted by molar-refractivity contribution is 0.155. The van der Waals surface area contributed by atoms with Crippen LogP contribution >= 0.6 is 15.9 Å². The maximum absolute atomic E-state index is 9.28. The molecule has 1 aliphatic rings. The molecular weight excluding hydrogens is 292 g/mol. The predicted molar refractivity (Wildman–Crippen MR) is 77.4 cm³/mol. The van der Waals surface area contributed by atoms with Gasteiger partial charge in [-0.05, 0) is 37.4 Å². The number of hydrogen-bond donors (Lipinski definition) is 2. The van der Waals surface area contributed by atoms with Crippen LogP contribution in [0, 0.1) is 0 Å². The Morgan fingerprint density at radius 1 is 1.44 bits per heavy atom. The minimum absolute atomic E-state index is 0.0560. The number of rotatable bonds is 5. The first-order valence-electron chi connectivity index (χ1n) is 6.57. The van der Waals surface area contributed by atoms with E-state index in [1.807, 2.05) is 18.2 Å². The number of likely N-dealkylation sites (tertiary alicyclic amines) is 1. The molecule has 18 heavy (non-hydrogen) atoms. The zero-order valence-corrected chi connectivity index (χ0v) is 12.1. The molecule has 1 saturated heterocycles. The Balaban J connectivity index is 1.88. The monoisotopic (exact) mass is 312 g/mol. The van der Waals surface area contributed by atoms with Crippen LogP contribution in [0.25, 0.3) is 0 Å². The second kappa shape index (κ2) is 6.66. The zero-order chi connectivity index (χ0) is 13.0. The van der Waals surface area contributed by atoms with Crippen molar-refractivity contribution < 1.29 is 5.11 Å². The van der Waals surface area contributed by atoms with Gasteiger partial charge in [-0.3, -0.25) is 4.90 Å². The van der Waals surface area contributed by atoms with E-state index in [1.165, 1.54) is 6.42 Å². The molecular formula is C14H21BrN2O. The highest BCUT2D eigenvalue weighted by Crippen LogP contribution is 2.25. The van der Waals surface area contributed by atoms with E-state index in [0.29, 0.717) is 6.04 Å². The van der Waals surface area contributed by atoms with Crippen LogP contribution in [0.5, 0.6) is 0 Å². The van der Waals surface area contributed by atoms with E-state index in [2.05, 4.69) is 26.9 Å². The van der Waals surface area contributed by atoms with Crippen molar-refractivity contribution >= 4 is 15.9 Å². The van der Waals surface area contributed by atoms with Crippen LogP contribution in [0.2, 0.25) is 0 Å². The normalized spacial score (nSPS) is 22.3. The van der Waals surface area contributed by atoms with Crippen LogP contribution in [0.4, 0.5) is 0 Å². The van der Waals surface area contributed by atoms with Gasteiger partial charge in [-0.1, -0.05) is 34.1 Å². The Morgan fingerprint density at radius 2 is 2.22 bits per heavy atom. The van der Waals surface area contributed by atoms with Crippen LogP contribution in [-0.4, -0.2) is 35.7 Å². The standard InChI is InChI=1S/C14H21BrN2O/c15-13-6-2-1-5-12(13)14(16)7-9-17-8-3-4-11(17)10-18/h1-2,5-6,11,14,18H,3-4,7-10,16H2. The molecule has 1 aromatic carbocycles. The summed E-state index contributed by atoms with van der Waals surface area (Å²) in [6.07, 6.45) is 3.23. The molecule has 0 saturated carbocycles. The van der Waals surface area contributed by atoms with Crippen LogP contribution in [-0.2, 0) is 0 Å². The average Bonchev–Trinajstić information content (AvgIpc) is 2.84. The first-order valence-corrected chi connectivity index (χ1v) is 7.36. The molecule has 0 spiro atoms. The number of aliphatic hydroxyl groups excluding tert-OH is 1. The maximum atomic E-state index is 9.28. The number of halogens is 1. The van der Waals surface area contributed by atoms with E-state index in [4.69, 9.17) is 5.73 Å². The van der Waals surface area contributed by atoms with E-state index in [9.17, 15) is 5.11 Å². The Kier molecular flexibility index (Phi) is 5.18. The lowest BCUT2D eigenvalue weighted by atomic mass is 10.0. The van der Waals surface area contributed by atoms with Crippen LogP contribution in [0.1, 0.15) is 30.9 Å². The molecule has 1 aromatic rings. The van der Waals surface area contributed by atoms with Crippen molar-refractivity contribution in [2.75, 3.05) is 19.7 Å². The van der Waals surface area contributed by atoms with E-state index < -0.39 is 0 Å². The molecule has 2 atom stereocenters. The van der Waals surface area contributed by atoms with Gasteiger partial charge in [0.1, 0.15) is 0 Å². The Hall–Kier alpha value is -0.420. The van der Waals surface area contributed by atoms with Gasteiger partial charge < -0.3 is 10.8 Å². The van der Waals surface area contributed by atoms with Gasteiger partial charge in [0.15, 0.2) is 0 Å². The first-order chi connectivity index (χ1) is 8.72. The molecule has 0 aliphatic carbocycles. The smallest absolute Gasteiger partial charge is 0.0586 e. The molecule has 3 N–H and O–H groups in total. The van der Waals surface area contributed by atoms with Crippen LogP contribution in [0.15, 0.2) is 28.7 Å². The molecule has 3 nitrogen and oxygen atoms in total. The van der Waals surface area contributed by atoms with Gasteiger partial charge >= 0.3 is 0 Å². The Bertz CT molecular complexity index is 386. The maximum Gasteiger partial charge on any atom is 0.0586 e. The van der Waals surface area contributed by atoms with Crippen molar-refractivity contribution in [2.24, 2.45) is 5.73 Å². The van der Waals surface area contributed by atoms with Crippen molar-refractivity contribution in [3.63, 3.8) is 0 Å². The SMILES string of the molecule is NC(CCN1CCCC1CO)c1ccccc1Br. The highest BCUT2D eigenvalue weighted by molar-refractivity contribution is 9.10. The van der Waals surface area contributed by atoms with E-state index in [-0.39, 0.29) is 12.6 Å². The van der Waals surface area contributed by atoms with Gasteiger partial charge in [0, 0.05) is 23.1 Å². The number of nitrogens with two attached hydrogens (primary N) is 1. The van der Waals surface area contributed by atoms with Crippen LogP contribution in [0.3, 0.4) is 0 Å². The van der Waals surface area contributed by atoms with Crippen molar-refractivity contribution in [2.45, 2.75) is 31.3 Å². The fourth-order valence-electron chi connectivity index (χ4n) is 2.63. The van der Waals surface area contributed by atoms with Gasteiger partial charge in [-0.2, -0.15) is 0 Å². The molecule has 1 heterocycles. The van der Waals surface area contributed by atoms with Crippen molar-refractivity contribution in [1.29, 1.82) is 0 Å². The fraction of sp³-hybridized carbons (Fsp3) is 0.571. The lowest BCUT2D eigenvalue weighted by Gasteiger charge is -2.24. The number of hydrogen-bond acceptors (Lipinski definition) is 3. The molecule has 1 fully saturated rings.